The van der Waals surface area contributed by atoms with Gasteiger partial charge in [-0.3, -0.25) is 0 Å². The number of carboxylic acid groups (broad SMARTS) is 2. The summed E-state index contributed by atoms with van der Waals surface area (Å²) in [4.78, 5) is 19.1. The highest BCUT2D eigenvalue weighted by atomic mass is 16.4. The van der Waals surface area contributed by atoms with Crippen LogP contribution in [0.3, 0.4) is 0 Å². The highest BCUT2D eigenvalue weighted by Crippen LogP contribution is 2.27. The Kier molecular flexibility index (Phi) is 10.0. The zero-order chi connectivity index (χ0) is 13.8. The monoisotopic (exact) mass is 256 g/mol. The lowest BCUT2D eigenvalue weighted by Crippen LogP contribution is -2.05. The van der Waals surface area contributed by atoms with Crippen LogP contribution in [0.2, 0.25) is 0 Å². The summed E-state index contributed by atoms with van der Waals surface area (Å²) in [6.45, 7) is 2.29. The Balaban J connectivity index is 0.000000331. The summed E-state index contributed by atoms with van der Waals surface area (Å²) in [7, 11) is 0. The van der Waals surface area contributed by atoms with E-state index < -0.39 is 11.9 Å². The predicted molar refractivity (Wildman–Crippen MR) is 70.5 cm³/mol. The molecule has 104 valence electrons. The Morgan fingerprint density at radius 3 is 1.94 bits per heavy atom. The summed E-state index contributed by atoms with van der Waals surface area (Å²) in [6.07, 6.45) is 13.0. The van der Waals surface area contributed by atoms with Gasteiger partial charge in [0.1, 0.15) is 0 Å². The van der Waals surface area contributed by atoms with Crippen molar-refractivity contribution < 1.29 is 19.8 Å². The van der Waals surface area contributed by atoms with Crippen LogP contribution in [0, 0.1) is 5.92 Å². The Morgan fingerprint density at radius 2 is 1.56 bits per heavy atom. The predicted octanol–water partition coefficient (Wildman–Crippen LogP) is 3.47. The van der Waals surface area contributed by atoms with Crippen molar-refractivity contribution in [2.45, 2.75) is 58.3 Å². The van der Waals surface area contributed by atoms with Crippen molar-refractivity contribution >= 4 is 11.9 Å². The molecule has 1 aliphatic carbocycles. The third-order valence-electron chi connectivity index (χ3n) is 3.06. The van der Waals surface area contributed by atoms with Crippen LogP contribution in [0.4, 0.5) is 0 Å². The topological polar surface area (TPSA) is 74.6 Å². The van der Waals surface area contributed by atoms with Crippen molar-refractivity contribution in [1.29, 1.82) is 0 Å². The van der Waals surface area contributed by atoms with Gasteiger partial charge in [-0.05, 0) is 5.92 Å². The highest BCUT2D eigenvalue weighted by Gasteiger charge is 2.11. The van der Waals surface area contributed by atoms with E-state index in [0.717, 1.165) is 5.92 Å². The van der Waals surface area contributed by atoms with Crippen molar-refractivity contribution in [2.75, 3.05) is 0 Å². The van der Waals surface area contributed by atoms with Crippen LogP contribution in [0.1, 0.15) is 58.3 Å². The van der Waals surface area contributed by atoms with Gasteiger partial charge in [0, 0.05) is 12.2 Å². The third kappa shape index (κ3) is 11.2. The van der Waals surface area contributed by atoms with Gasteiger partial charge in [-0.15, -0.1) is 0 Å². The summed E-state index contributed by atoms with van der Waals surface area (Å²) in [5.41, 5.74) is 0. The molecule has 0 unspecified atom stereocenters. The Hall–Kier alpha value is -1.32. The zero-order valence-electron chi connectivity index (χ0n) is 11.1. The standard InChI is InChI=1S/C10H20.C4H4O4/c1-2-3-7-10-8-5-4-6-9-10;5-3(6)1-2-4(7)8/h10H,2-9H2,1H3;1-2H,(H,5,6)(H,7,8)/b;2-1-. The fraction of sp³-hybridized carbons (Fsp3) is 0.714. The molecular weight excluding hydrogens is 232 g/mol. The summed E-state index contributed by atoms with van der Waals surface area (Å²) in [5.74, 6) is -1.41. The van der Waals surface area contributed by atoms with Crippen LogP contribution in [-0.4, -0.2) is 22.2 Å². The maximum absolute atomic E-state index is 9.55. The molecule has 0 atom stereocenters. The molecule has 0 aliphatic heterocycles. The molecule has 0 radical (unpaired) electrons. The molecule has 0 spiro atoms. The Labute approximate surface area is 109 Å². The molecule has 1 rings (SSSR count). The normalized spacial score (nSPS) is 16.1. The molecule has 1 aliphatic rings. The first-order valence-electron chi connectivity index (χ1n) is 6.70. The van der Waals surface area contributed by atoms with E-state index in [9.17, 15) is 9.59 Å². The summed E-state index contributed by atoms with van der Waals surface area (Å²) >= 11 is 0. The first-order valence-corrected chi connectivity index (χ1v) is 6.70. The smallest absolute Gasteiger partial charge is 0.328 e. The molecule has 4 nitrogen and oxygen atoms in total. The van der Waals surface area contributed by atoms with E-state index in [1.165, 1.54) is 51.4 Å². The second kappa shape index (κ2) is 10.8. The molecule has 0 bridgehead atoms. The van der Waals surface area contributed by atoms with Crippen LogP contribution in [-0.2, 0) is 9.59 Å². The first-order chi connectivity index (χ1) is 8.56. The third-order valence-corrected chi connectivity index (χ3v) is 3.06. The van der Waals surface area contributed by atoms with Gasteiger partial charge in [0.05, 0.1) is 0 Å². The fourth-order valence-electron chi connectivity index (χ4n) is 2.11. The summed E-state index contributed by atoms with van der Waals surface area (Å²) < 4.78 is 0. The number of hydrogen-bond acceptors (Lipinski definition) is 2. The number of rotatable bonds is 5. The number of unbranched alkanes of at least 4 members (excludes halogenated alkanes) is 1. The van der Waals surface area contributed by atoms with Gasteiger partial charge >= 0.3 is 11.9 Å². The first kappa shape index (κ1) is 16.7. The van der Waals surface area contributed by atoms with Crippen LogP contribution in [0.15, 0.2) is 12.2 Å². The van der Waals surface area contributed by atoms with Gasteiger partial charge in [-0.1, -0.05) is 58.3 Å². The molecule has 1 fully saturated rings. The van der Waals surface area contributed by atoms with Crippen molar-refractivity contribution in [2.24, 2.45) is 5.92 Å². The number of aliphatic carboxylic acids is 2. The summed E-state index contributed by atoms with van der Waals surface area (Å²) in [6, 6.07) is 0. The van der Waals surface area contributed by atoms with Crippen LogP contribution in [0.5, 0.6) is 0 Å². The van der Waals surface area contributed by atoms with Gasteiger partial charge in [0.25, 0.3) is 0 Å². The van der Waals surface area contributed by atoms with Gasteiger partial charge in [0.2, 0.25) is 0 Å². The molecule has 18 heavy (non-hydrogen) atoms. The van der Waals surface area contributed by atoms with Gasteiger partial charge in [-0.25, -0.2) is 9.59 Å². The van der Waals surface area contributed by atoms with Crippen LogP contribution < -0.4 is 0 Å². The lowest BCUT2D eigenvalue weighted by Gasteiger charge is -2.20. The molecule has 1 saturated carbocycles. The molecule has 0 aromatic rings. The van der Waals surface area contributed by atoms with E-state index in [1.54, 1.807) is 0 Å². The minimum atomic E-state index is -1.26. The summed E-state index contributed by atoms with van der Waals surface area (Å²) in [5, 5.41) is 15.6. The van der Waals surface area contributed by atoms with Crippen molar-refractivity contribution in [3.05, 3.63) is 12.2 Å². The lowest BCUT2D eigenvalue weighted by atomic mass is 9.86. The lowest BCUT2D eigenvalue weighted by molar-refractivity contribution is -0.134. The van der Waals surface area contributed by atoms with E-state index in [4.69, 9.17) is 10.2 Å². The minimum Gasteiger partial charge on any atom is -0.478 e. The number of carbonyl (C=O) groups is 2. The van der Waals surface area contributed by atoms with Crippen LogP contribution in [0.25, 0.3) is 0 Å². The highest BCUT2D eigenvalue weighted by molar-refractivity contribution is 5.89. The molecule has 2 N–H and O–H groups in total. The molecule has 0 amide bonds. The van der Waals surface area contributed by atoms with Gasteiger partial charge < -0.3 is 10.2 Å². The van der Waals surface area contributed by atoms with Crippen molar-refractivity contribution in [1.82, 2.24) is 0 Å². The molecule has 0 saturated heterocycles. The van der Waals surface area contributed by atoms with Crippen LogP contribution >= 0.6 is 0 Å². The quantitative estimate of drug-likeness (QED) is 0.738. The molecule has 0 aromatic carbocycles. The van der Waals surface area contributed by atoms with E-state index in [0.29, 0.717) is 12.2 Å². The van der Waals surface area contributed by atoms with E-state index in [1.807, 2.05) is 0 Å². The molecular formula is C14H24O4. The van der Waals surface area contributed by atoms with E-state index >= 15 is 0 Å². The Bertz CT molecular complexity index is 249. The zero-order valence-corrected chi connectivity index (χ0v) is 11.1. The van der Waals surface area contributed by atoms with Gasteiger partial charge in [0.15, 0.2) is 0 Å². The van der Waals surface area contributed by atoms with Gasteiger partial charge in [-0.2, -0.15) is 0 Å². The minimum absolute atomic E-state index is 0.558. The average Bonchev–Trinajstić information content (AvgIpc) is 2.36. The van der Waals surface area contributed by atoms with E-state index in [2.05, 4.69) is 6.92 Å². The molecule has 0 heterocycles. The number of hydrogen-bond donors (Lipinski definition) is 2. The number of carboxylic acids is 2. The molecule has 0 aromatic heterocycles. The van der Waals surface area contributed by atoms with Crippen molar-refractivity contribution in [3.8, 4) is 0 Å². The maximum atomic E-state index is 9.55. The second-order valence-electron chi connectivity index (χ2n) is 4.66. The fourth-order valence-corrected chi connectivity index (χ4v) is 2.11. The Morgan fingerprint density at radius 1 is 1.06 bits per heavy atom. The molecule has 4 heteroatoms. The SMILES string of the molecule is CCCCC1CCCCC1.O=C(O)/C=C\C(=O)O. The van der Waals surface area contributed by atoms with E-state index in [-0.39, 0.29) is 0 Å². The maximum Gasteiger partial charge on any atom is 0.328 e. The second-order valence-corrected chi connectivity index (χ2v) is 4.66. The largest absolute Gasteiger partial charge is 0.478 e. The average molecular weight is 256 g/mol. The van der Waals surface area contributed by atoms with Crippen molar-refractivity contribution in [3.63, 3.8) is 0 Å².